The number of benzene rings is 3. The summed E-state index contributed by atoms with van der Waals surface area (Å²) in [5.41, 5.74) is 2.27. The van der Waals surface area contributed by atoms with Crippen LogP contribution in [0.4, 0.5) is 0 Å². The number of ketones is 4. The Bertz CT molecular complexity index is 1270. The molecule has 0 bridgehead atoms. The molecule has 2 aliphatic carbocycles. The Kier molecular flexibility index (Phi) is 3.99. The van der Waals surface area contributed by atoms with Gasteiger partial charge in [-0.3, -0.25) is 19.2 Å². The molecule has 5 rings (SSSR count). The molecule has 0 heterocycles. The molecule has 3 aromatic rings. The van der Waals surface area contributed by atoms with E-state index in [-0.39, 0.29) is 22.3 Å². The Morgan fingerprint density at radius 2 is 0.688 bits per heavy atom. The van der Waals surface area contributed by atoms with Crippen LogP contribution in [0.5, 0.6) is 0 Å². The second kappa shape index (κ2) is 6.35. The lowest BCUT2D eigenvalue weighted by Gasteiger charge is -2.09. The van der Waals surface area contributed by atoms with Gasteiger partial charge >= 0.3 is 0 Å². The first-order valence-corrected chi connectivity index (χ1v) is 9.51. The minimum atomic E-state index is -3.04. The van der Waals surface area contributed by atoms with E-state index in [0.29, 0.717) is 22.3 Å². The van der Waals surface area contributed by atoms with Crippen molar-refractivity contribution in [3.05, 3.63) is 82.9 Å². The third kappa shape index (κ3) is 2.58. The van der Waals surface area contributed by atoms with Crippen LogP contribution in [0.25, 0.3) is 22.3 Å². The lowest BCUT2D eigenvalue weighted by atomic mass is 9.96. The highest BCUT2D eigenvalue weighted by molar-refractivity contribution is 6.31. The van der Waals surface area contributed by atoms with E-state index in [1.54, 1.807) is 36.4 Å². The fourth-order valence-corrected chi connectivity index (χ4v) is 4.03. The summed E-state index contributed by atoms with van der Waals surface area (Å²) in [6, 6.07) is 15.7. The summed E-state index contributed by atoms with van der Waals surface area (Å²) < 4.78 is 0. The molecule has 0 aromatic heterocycles. The number of hydrogen-bond acceptors (Lipinski definition) is 8. The van der Waals surface area contributed by atoms with Gasteiger partial charge in [-0.15, -0.1) is 0 Å². The van der Waals surface area contributed by atoms with Gasteiger partial charge in [0.15, 0.2) is 0 Å². The van der Waals surface area contributed by atoms with Crippen LogP contribution >= 0.6 is 0 Å². The average Bonchev–Trinajstić information content (AvgIpc) is 3.08. The maximum absolute atomic E-state index is 12.1. The Labute approximate surface area is 180 Å². The van der Waals surface area contributed by atoms with Gasteiger partial charge in [-0.25, -0.2) is 0 Å². The molecule has 32 heavy (non-hydrogen) atoms. The van der Waals surface area contributed by atoms with Crippen molar-refractivity contribution in [2.75, 3.05) is 0 Å². The van der Waals surface area contributed by atoms with Crippen LogP contribution in [-0.2, 0) is 0 Å². The van der Waals surface area contributed by atoms with E-state index in [1.807, 2.05) is 0 Å². The topological polar surface area (TPSA) is 149 Å². The summed E-state index contributed by atoms with van der Waals surface area (Å²) in [4.78, 5) is 48.2. The highest BCUT2D eigenvalue weighted by Crippen LogP contribution is 2.35. The largest absolute Gasteiger partial charge is 0.353 e. The van der Waals surface area contributed by atoms with Gasteiger partial charge < -0.3 is 20.4 Å². The van der Waals surface area contributed by atoms with Crippen LogP contribution in [0.3, 0.4) is 0 Å². The SMILES string of the molecule is O=C1c2ccc(-c3ccc(-c4ccc5c(c4)C(=O)C(O)(O)C5=O)cc3)cc2C(=O)C1(O)O. The van der Waals surface area contributed by atoms with Crippen LogP contribution in [-0.4, -0.2) is 55.1 Å². The fraction of sp³-hybridized carbons (Fsp3) is 0.0833. The first kappa shape index (κ1) is 20.1. The molecule has 3 aromatic carbocycles. The Hall–Kier alpha value is -3.82. The molecule has 0 aliphatic heterocycles. The molecule has 0 unspecified atom stereocenters. The third-order valence-corrected chi connectivity index (χ3v) is 5.84. The van der Waals surface area contributed by atoms with Gasteiger partial charge in [-0.2, -0.15) is 0 Å². The lowest BCUT2D eigenvalue weighted by molar-refractivity contribution is -0.0857. The van der Waals surface area contributed by atoms with Gasteiger partial charge in [0.1, 0.15) is 0 Å². The van der Waals surface area contributed by atoms with E-state index in [1.165, 1.54) is 24.3 Å². The van der Waals surface area contributed by atoms with Crippen LogP contribution in [0.15, 0.2) is 60.7 Å². The fourth-order valence-electron chi connectivity index (χ4n) is 4.03. The zero-order valence-electron chi connectivity index (χ0n) is 16.2. The van der Waals surface area contributed by atoms with E-state index < -0.39 is 34.7 Å². The number of carbonyl (C=O) groups is 4. The number of hydrogen-bond donors (Lipinski definition) is 4. The molecular formula is C24H14O8. The molecule has 8 nitrogen and oxygen atoms in total. The smallest absolute Gasteiger partial charge is 0.295 e. The quantitative estimate of drug-likeness (QED) is 0.349. The number of fused-ring (bicyclic) bond motifs is 2. The molecule has 0 spiro atoms. The maximum atomic E-state index is 12.1. The highest BCUT2D eigenvalue weighted by atomic mass is 16.5. The Balaban J connectivity index is 1.49. The highest BCUT2D eigenvalue weighted by Gasteiger charge is 2.51. The molecular weight excluding hydrogens is 416 g/mol. The summed E-state index contributed by atoms with van der Waals surface area (Å²) in [6.07, 6.45) is 0. The molecule has 0 radical (unpaired) electrons. The van der Waals surface area contributed by atoms with Gasteiger partial charge in [-0.05, 0) is 46.5 Å². The molecule has 0 saturated carbocycles. The van der Waals surface area contributed by atoms with Gasteiger partial charge in [0.25, 0.3) is 11.6 Å². The average molecular weight is 430 g/mol. The molecule has 0 saturated heterocycles. The van der Waals surface area contributed by atoms with Gasteiger partial charge in [0, 0.05) is 22.3 Å². The number of aliphatic hydroxyl groups is 4. The van der Waals surface area contributed by atoms with Gasteiger partial charge in [0.2, 0.25) is 23.1 Å². The predicted octanol–water partition coefficient (Wildman–Crippen LogP) is 1.14. The minimum absolute atomic E-state index is 0.0541. The van der Waals surface area contributed by atoms with Crippen LogP contribution in [0, 0.1) is 0 Å². The summed E-state index contributed by atoms with van der Waals surface area (Å²) in [6.45, 7) is 0. The van der Waals surface area contributed by atoms with Crippen molar-refractivity contribution in [2.24, 2.45) is 0 Å². The summed E-state index contributed by atoms with van der Waals surface area (Å²) in [5.74, 6) is -10.3. The van der Waals surface area contributed by atoms with E-state index in [9.17, 15) is 39.6 Å². The van der Waals surface area contributed by atoms with E-state index in [4.69, 9.17) is 0 Å². The third-order valence-electron chi connectivity index (χ3n) is 5.84. The summed E-state index contributed by atoms with van der Waals surface area (Å²) in [5, 5.41) is 38.8. The number of Topliss-reactive ketones (excluding diaryl/α,β-unsaturated/α-hetero) is 4. The second-order valence-corrected chi connectivity index (χ2v) is 7.76. The standard InChI is InChI=1S/C24H14O8/c25-19-15-7-5-13(9-17(15)21(27)23(19,29)30)11-1-2-12(4-3-11)14-6-8-16-18(10-14)22(28)24(31,32)20(16)26/h1-10,29-32H. The molecule has 8 heteroatoms. The van der Waals surface area contributed by atoms with E-state index in [2.05, 4.69) is 0 Å². The van der Waals surface area contributed by atoms with Gasteiger partial charge in [0.05, 0.1) is 0 Å². The molecule has 2 aliphatic rings. The summed E-state index contributed by atoms with van der Waals surface area (Å²) >= 11 is 0. The molecule has 0 amide bonds. The van der Waals surface area contributed by atoms with Crippen molar-refractivity contribution < 1.29 is 39.6 Å². The second-order valence-electron chi connectivity index (χ2n) is 7.76. The van der Waals surface area contributed by atoms with E-state index in [0.717, 1.165) is 0 Å². The number of carbonyl (C=O) groups excluding carboxylic acids is 4. The molecule has 4 N–H and O–H groups in total. The lowest BCUT2D eigenvalue weighted by Crippen LogP contribution is -2.40. The molecule has 0 fully saturated rings. The first-order chi connectivity index (χ1) is 15.0. The van der Waals surface area contributed by atoms with E-state index >= 15 is 0 Å². The zero-order chi connectivity index (χ0) is 23.0. The monoisotopic (exact) mass is 430 g/mol. The van der Waals surface area contributed by atoms with Crippen molar-refractivity contribution in [2.45, 2.75) is 11.6 Å². The predicted molar refractivity (Wildman–Crippen MR) is 109 cm³/mol. The minimum Gasteiger partial charge on any atom is -0.353 e. The van der Waals surface area contributed by atoms with Crippen molar-refractivity contribution in [3.8, 4) is 22.3 Å². The van der Waals surface area contributed by atoms with Gasteiger partial charge in [-0.1, -0.05) is 36.4 Å². The van der Waals surface area contributed by atoms with Crippen molar-refractivity contribution in [1.29, 1.82) is 0 Å². The van der Waals surface area contributed by atoms with Crippen molar-refractivity contribution >= 4 is 23.1 Å². The normalized spacial score (nSPS) is 18.1. The molecule has 0 atom stereocenters. The van der Waals surface area contributed by atoms with Crippen molar-refractivity contribution in [3.63, 3.8) is 0 Å². The Morgan fingerprint density at radius 3 is 1.03 bits per heavy atom. The zero-order valence-corrected chi connectivity index (χ0v) is 16.2. The first-order valence-electron chi connectivity index (χ1n) is 9.51. The maximum Gasteiger partial charge on any atom is 0.295 e. The summed E-state index contributed by atoms with van der Waals surface area (Å²) in [7, 11) is 0. The van der Waals surface area contributed by atoms with Crippen LogP contribution in [0.2, 0.25) is 0 Å². The van der Waals surface area contributed by atoms with Crippen LogP contribution < -0.4 is 0 Å². The molecule has 158 valence electrons. The number of rotatable bonds is 2. The Morgan fingerprint density at radius 1 is 0.406 bits per heavy atom. The van der Waals surface area contributed by atoms with Crippen LogP contribution in [0.1, 0.15) is 41.4 Å². The van der Waals surface area contributed by atoms with Crippen molar-refractivity contribution in [1.82, 2.24) is 0 Å².